The molecule has 150 valence electrons. The number of para-hydroxylation sites is 1. The van der Waals surface area contributed by atoms with Gasteiger partial charge in [-0.05, 0) is 54.6 Å². The average Bonchev–Trinajstić information content (AvgIpc) is 2.74. The van der Waals surface area contributed by atoms with Gasteiger partial charge in [-0.1, -0.05) is 23.7 Å². The first-order valence-electron chi connectivity index (χ1n) is 8.85. The van der Waals surface area contributed by atoms with E-state index in [1.807, 2.05) is 6.07 Å². The highest BCUT2D eigenvalue weighted by Gasteiger charge is 2.13. The number of halogens is 2. The van der Waals surface area contributed by atoms with Crippen LogP contribution in [0.2, 0.25) is 5.02 Å². The molecule has 0 spiro atoms. The van der Waals surface area contributed by atoms with Crippen LogP contribution in [0.1, 0.15) is 15.9 Å². The highest BCUT2D eigenvalue weighted by molar-refractivity contribution is 6.32. The maximum Gasteiger partial charge on any atom is 0.257 e. The standard InChI is InChI=1S/C22H16ClFN4O2/c23-19-11-17(8-5-14(19)12-25)27-21(29)13-26-20-4-2-1-3-18(20)22(30)28-16-9-6-15(24)7-10-16/h1-11,26H,13H2,(H,27,29)(H,28,30). The maximum absolute atomic E-state index is 13.0. The van der Waals surface area contributed by atoms with E-state index in [9.17, 15) is 14.0 Å². The predicted octanol–water partition coefficient (Wildman–Crippen LogP) is 4.65. The molecule has 0 aromatic heterocycles. The van der Waals surface area contributed by atoms with Gasteiger partial charge in [0.1, 0.15) is 11.9 Å². The summed E-state index contributed by atoms with van der Waals surface area (Å²) in [5.74, 6) is -1.15. The molecule has 0 radical (unpaired) electrons. The molecule has 3 rings (SSSR count). The van der Waals surface area contributed by atoms with E-state index in [4.69, 9.17) is 16.9 Å². The van der Waals surface area contributed by atoms with Crippen molar-refractivity contribution in [2.75, 3.05) is 22.5 Å². The minimum absolute atomic E-state index is 0.0987. The molecule has 0 bridgehead atoms. The van der Waals surface area contributed by atoms with Crippen LogP contribution in [0.25, 0.3) is 0 Å². The molecule has 0 fully saturated rings. The second kappa shape index (κ2) is 9.54. The second-order valence-electron chi connectivity index (χ2n) is 6.21. The number of carbonyl (C=O) groups is 2. The fourth-order valence-electron chi connectivity index (χ4n) is 2.63. The van der Waals surface area contributed by atoms with Gasteiger partial charge in [0.15, 0.2) is 0 Å². The topological polar surface area (TPSA) is 94.0 Å². The number of hydrogen-bond acceptors (Lipinski definition) is 4. The number of carbonyl (C=O) groups excluding carboxylic acids is 2. The maximum atomic E-state index is 13.0. The number of benzene rings is 3. The Bertz CT molecular complexity index is 1130. The van der Waals surface area contributed by atoms with E-state index in [0.717, 1.165) is 0 Å². The smallest absolute Gasteiger partial charge is 0.257 e. The summed E-state index contributed by atoms with van der Waals surface area (Å²) in [6.45, 7) is -0.0987. The fraction of sp³-hybridized carbons (Fsp3) is 0.0455. The van der Waals surface area contributed by atoms with Crippen molar-refractivity contribution >= 4 is 40.5 Å². The first kappa shape index (κ1) is 20.8. The minimum atomic E-state index is -0.399. The van der Waals surface area contributed by atoms with Crippen LogP contribution in [0.3, 0.4) is 0 Å². The largest absolute Gasteiger partial charge is 0.376 e. The number of nitrogens with zero attached hydrogens (tertiary/aromatic N) is 1. The van der Waals surface area contributed by atoms with Crippen molar-refractivity contribution in [1.29, 1.82) is 5.26 Å². The molecule has 2 amide bonds. The highest BCUT2D eigenvalue weighted by atomic mass is 35.5. The van der Waals surface area contributed by atoms with Crippen molar-refractivity contribution in [3.63, 3.8) is 0 Å². The van der Waals surface area contributed by atoms with Gasteiger partial charge in [-0.2, -0.15) is 5.26 Å². The normalized spacial score (nSPS) is 10.0. The van der Waals surface area contributed by atoms with Crippen molar-refractivity contribution in [2.45, 2.75) is 0 Å². The van der Waals surface area contributed by atoms with Crippen molar-refractivity contribution in [1.82, 2.24) is 0 Å². The van der Waals surface area contributed by atoms with Crippen LogP contribution >= 0.6 is 11.6 Å². The Balaban J connectivity index is 1.63. The van der Waals surface area contributed by atoms with Crippen molar-refractivity contribution in [2.24, 2.45) is 0 Å². The molecule has 0 aliphatic carbocycles. The van der Waals surface area contributed by atoms with Gasteiger partial charge in [0.25, 0.3) is 5.91 Å². The average molecular weight is 423 g/mol. The summed E-state index contributed by atoms with van der Waals surface area (Å²) >= 11 is 5.96. The van der Waals surface area contributed by atoms with Gasteiger partial charge >= 0.3 is 0 Å². The summed E-state index contributed by atoms with van der Waals surface area (Å²) in [4.78, 5) is 24.8. The molecule has 0 heterocycles. The van der Waals surface area contributed by atoms with Crippen LogP contribution in [0.5, 0.6) is 0 Å². The number of nitrogens with one attached hydrogen (secondary N) is 3. The Hall–Kier alpha value is -3.89. The van der Waals surface area contributed by atoms with E-state index in [1.165, 1.54) is 36.4 Å². The Labute approximate surface area is 177 Å². The summed E-state index contributed by atoms with van der Waals surface area (Å²) in [6.07, 6.45) is 0. The zero-order chi connectivity index (χ0) is 21.5. The van der Waals surface area contributed by atoms with Crippen LogP contribution in [0.15, 0.2) is 66.7 Å². The number of nitriles is 1. The third kappa shape index (κ3) is 5.34. The Kier molecular flexibility index (Phi) is 6.63. The molecule has 6 nitrogen and oxygen atoms in total. The third-order valence-corrected chi connectivity index (χ3v) is 4.40. The first-order valence-corrected chi connectivity index (χ1v) is 9.23. The SMILES string of the molecule is N#Cc1ccc(NC(=O)CNc2ccccc2C(=O)Nc2ccc(F)cc2)cc1Cl. The van der Waals surface area contributed by atoms with Gasteiger partial charge in [-0.15, -0.1) is 0 Å². The second-order valence-corrected chi connectivity index (χ2v) is 6.62. The van der Waals surface area contributed by atoms with Gasteiger partial charge in [0, 0.05) is 17.1 Å². The molecule has 3 N–H and O–H groups in total. The lowest BCUT2D eigenvalue weighted by Crippen LogP contribution is -2.23. The summed E-state index contributed by atoms with van der Waals surface area (Å²) in [5, 5.41) is 17.4. The summed E-state index contributed by atoms with van der Waals surface area (Å²) < 4.78 is 13.0. The first-order chi connectivity index (χ1) is 14.5. The van der Waals surface area contributed by atoms with Crippen LogP contribution in [0, 0.1) is 17.1 Å². The van der Waals surface area contributed by atoms with Crippen LogP contribution in [0.4, 0.5) is 21.5 Å². The summed E-state index contributed by atoms with van der Waals surface area (Å²) in [6, 6.07) is 18.7. The van der Waals surface area contributed by atoms with Gasteiger partial charge < -0.3 is 16.0 Å². The predicted molar refractivity (Wildman–Crippen MR) is 114 cm³/mol. The van der Waals surface area contributed by atoms with E-state index in [-0.39, 0.29) is 17.5 Å². The number of hydrogen-bond donors (Lipinski definition) is 3. The van der Waals surface area contributed by atoms with Crippen molar-refractivity contribution in [3.8, 4) is 6.07 Å². The zero-order valence-corrected chi connectivity index (χ0v) is 16.3. The lowest BCUT2D eigenvalue weighted by atomic mass is 10.1. The van der Waals surface area contributed by atoms with Crippen LogP contribution in [-0.4, -0.2) is 18.4 Å². The molecule has 0 unspecified atom stereocenters. The van der Waals surface area contributed by atoms with Gasteiger partial charge in [-0.25, -0.2) is 4.39 Å². The van der Waals surface area contributed by atoms with E-state index >= 15 is 0 Å². The molecular weight excluding hydrogens is 407 g/mol. The van der Waals surface area contributed by atoms with E-state index < -0.39 is 11.7 Å². The lowest BCUT2D eigenvalue weighted by Gasteiger charge is -2.13. The van der Waals surface area contributed by atoms with Crippen molar-refractivity contribution in [3.05, 3.63) is 88.7 Å². The molecule has 0 saturated heterocycles. The fourth-order valence-corrected chi connectivity index (χ4v) is 2.85. The van der Waals surface area contributed by atoms with Gasteiger partial charge in [0.2, 0.25) is 5.91 Å². The molecule has 3 aromatic carbocycles. The van der Waals surface area contributed by atoms with Crippen molar-refractivity contribution < 1.29 is 14.0 Å². The third-order valence-electron chi connectivity index (χ3n) is 4.09. The zero-order valence-electron chi connectivity index (χ0n) is 15.6. The van der Waals surface area contributed by atoms with Gasteiger partial charge in [-0.3, -0.25) is 9.59 Å². The molecule has 30 heavy (non-hydrogen) atoms. The quantitative estimate of drug-likeness (QED) is 0.538. The Morgan fingerprint density at radius 3 is 2.37 bits per heavy atom. The monoisotopic (exact) mass is 422 g/mol. The number of rotatable bonds is 6. The molecule has 8 heteroatoms. The summed E-state index contributed by atoms with van der Waals surface area (Å²) in [7, 11) is 0. The summed E-state index contributed by atoms with van der Waals surface area (Å²) in [5.41, 5.74) is 2.01. The molecule has 3 aromatic rings. The number of amides is 2. The van der Waals surface area contributed by atoms with Gasteiger partial charge in [0.05, 0.1) is 22.7 Å². The van der Waals surface area contributed by atoms with E-state index in [0.29, 0.717) is 28.2 Å². The Morgan fingerprint density at radius 2 is 1.67 bits per heavy atom. The minimum Gasteiger partial charge on any atom is -0.376 e. The lowest BCUT2D eigenvalue weighted by molar-refractivity contribution is -0.114. The molecule has 0 saturated carbocycles. The number of anilines is 3. The Morgan fingerprint density at radius 1 is 0.967 bits per heavy atom. The van der Waals surface area contributed by atoms with E-state index in [2.05, 4.69) is 16.0 Å². The molecule has 0 aliphatic heterocycles. The van der Waals surface area contributed by atoms with Crippen LogP contribution in [-0.2, 0) is 4.79 Å². The molecule has 0 aliphatic rings. The van der Waals surface area contributed by atoms with Crippen LogP contribution < -0.4 is 16.0 Å². The van der Waals surface area contributed by atoms with E-state index in [1.54, 1.807) is 30.3 Å². The highest BCUT2D eigenvalue weighted by Crippen LogP contribution is 2.21. The molecule has 0 atom stereocenters. The molecular formula is C22H16ClFN4O2.